The average Bonchev–Trinajstić information content (AvgIpc) is 3.12. The van der Waals surface area contributed by atoms with Crippen LogP contribution in [0.25, 0.3) is 0 Å². The summed E-state index contributed by atoms with van der Waals surface area (Å²) in [5, 5.41) is 13.8. The highest BCUT2D eigenvalue weighted by Crippen LogP contribution is 2.43. The summed E-state index contributed by atoms with van der Waals surface area (Å²) >= 11 is 0. The summed E-state index contributed by atoms with van der Waals surface area (Å²) in [6.07, 6.45) is 46.1. The molecule has 3 N–H and O–H groups in total. The van der Waals surface area contributed by atoms with Crippen molar-refractivity contribution in [2.24, 2.45) is 0 Å². The van der Waals surface area contributed by atoms with E-state index in [0.29, 0.717) is 17.4 Å². The number of nitrogens with zero attached hydrogens (tertiary/aromatic N) is 1. The smallest absolute Gasteiger partial charge is 0.387 e. The molecular weight excluding hydrogens is 695 g/mol. The van der Waals surface area contributed by atoms with Gasteiger partial charge in [0.25, 0.3) is 0 Å². The van der Waals surface area contributed by atoms with Crippen LogP contribution in [-0.4, -0.2) is 73.4 Å². The summed E-state index contributed by atoms with van der Waals surface area (Å²) in [4.78, 5) is 23.1. The normalized spacial score (nSPS) is 14.9. The third-order valence-electron chi connectivity index (χ3n) is 9.50. The largest absolute Gasteiger partial charge is 0.472 e. The highest BCUT2D eigenvalue weighted by Gasteiger charge is 2.27. The van der Waals surface area contributed by atoms with E-state index in [2.05, 4.69) is 55.6 Å². The first kappa shape index (κ1) is 52.5. The number of carbonyl (C=O) groups excluding carboxylic acids is 1. The fourth-order valence-electron chi connectivity index (χ4n) is 5.95. The number of hydrogen-bond acceptors (Lipinski definition) is 5. The van der Waals surface area contributed by atoms with Gasteiger partial charge in [-0.25, -0.2) is 4.57 Å². The molecule has 3 atom stereocenters. The molecule has 0 fully saturated rings. The van der Waals surface area contributed by atoms with Gasteiger partial charge in [-0.15, -0.1) is 0 Å². The molecule has 1 amide bonds. The van der Waals surface area contributed by atoms with Gasteiger partial charge in [-0.2, -0.15) is 0 Å². The molecule has 0 aliphatic rings. The summed E-state index contributed by atoms with van der Waals surface area (Å²) in [6.45, 7) is 4.73. The van der Waals surface area contributed by atoms with E-state index in [-0.39, 0.29) is 19.1 Å². The maximum absolute atomic E-state index is 12.8. The lowest BCUT2D eigenvalue weighted by molar-refractivity contribution is -0.870. The van der Waals surface area contributed by atoms with E-state index in [0.717, 1.165) is 51.4 Å². The number of quaternary nitrogens is 1. The summed E-state index contributed by atoms with van der Waals surface area (Å²) in [5.74, 6) is -0.198. The second-order valence-corrected chi connectivity index (χ2v) is 17.5. The number of aliphatic hydroxyl groups is 1. The molecule has 0 spiro atoms. The molecule has 8 nitrogen and oxygen atoms in total. The van der Waals surface area contributed by atoms with Crippen molar-refractivity contribution in [1.29, 1.82) is 0 Å². The van der Waals surface area contributed by atoms with Crippen molar-refractivity contribution in [3.8, 4) is 0 Å². The lowest BCUT2D eigenvalue weighted by Gasteiger charge is -2.25. The third-order valence-corrected chi connectivity index (χ3v) is 10.5. The molecule has 0 heterocycles. The van der Waals surface area contributed by atoms with Crippen LogP contribution in [-0.2, 0) is 18.4 Å². The Hall–Kier alpha value is -1.54. The highest BCUT2D eigenvalue weighted by molar-refractivity contribution is 7.47. The number of hydrogen-bond donors (Lipinski definition) is 3. The highest BCUT2D eigenvalue weighted by atomic mass is 31.2. The monoisotopic (exact) mass is 782 g/mol. The minimum atomic E-state index is -4.35. The fourth-order valence-corrected chi connectivity index (χ4v) is 6.68. The molecule has 0 saturated carbocycles. The molecule has 9 heteroatoms. The predicted octanol–water partition coefficient (Wildman–Crippen LogP) is 12.1. The molecule has 0 aromatic heterocycles. The summed E-state index contributed by atoms with van der Waals surface area (Å²) in [6, 6.07) is -0.870. The SMILES string of the molecule is CCCCC/C=C/CC/C=C/CC/C=C/C(O)C(COP(=O)(O)OCC[N+](C)(C)C)NC(=O)CCCCCCCCC/C=C\CCCCCCCCCC. The van der Waals surface area contributed by atoms with Crippen LogP contribution in [0.1, 0.15) is 181 Å². The van der Waals surface area contributed by atoms with E-state index in [1.165, 1.54) is 109 Å². The van der Waals surface area contributed by atoms with Crippen molar-refractivity contribution in [2.45, 2.75) is 193 Å². The van der Waals surface area contributed by atoms with Crippen molar-refractivity contribution in [2.75, 3.05) is 40.9 Å². The number of unbranched alkanes of at least 4 members (excludes halogenated alkanes) is 20. The van der Waals surface area contributed by atoms with Crippen molar-refractivity contribution in [3.63, 3.8) is 0 Å². The third kappa shape index (κ3) is 38.7. The van der Waals surface area contributed by atoms with Crippen LogP contribution in [0, 0.1) is 0 Å². The molecule has 0 aromatic carbocycles. The lowest BCUT2D eigenvalue weighted by Crippen LogP contribution is -2.45. The molecule has 0 aliphatic carbocycles. The van der Waals surface area contributed by atoms with Crippen LogP contribution in [0.2, 0.25) is 0 Å². The van der Waals surface area contributed by atoms with Gasteiger partial charge in [0.2, 0.25) is 5.91 Å². The van der Waals surface area contributed by atoms with Crippen LogP contribution < -0.4 is 5.32 Å². The Balaban J connectivity index is 4.45. The van der Waals surface area contributed by atoms with Gasteiger partial charge < -0.3 is 19.8 Å². The maximum atomic E-state index is 12.8. The molecule has 0 aliphatic heterocycles. The second kappa shape index (κ2) is 37.1. The van der Waals surface area contributed by atoms with E-state index >= 15 is 0 Å². The van der Waals surface area contributed by atoms with E-state index in [9.17, 15) is 19.4 Å². The fraction of sp³-hybridized carbons (Fsp3) is 0.800. The molecule has 0 aromatic rings. The van der Waals surface area contributed by atoms with Gasteiger partial charge in [0.05, 0.1) is 39.9 Å². The topological polar surface area (TPSA) is 105 Å². The van der Waals surface area contributed by atoms with Gasteiger partial charge in [-0.1, -0.05) is 152 Å². The predicted molar refractivity (Wildman–Crippen MR) is 231 cm³/mol. The molecule has 316 valence electrons. The average molecular weight is 782 g/mol. The molecule has 0 bridgehead atoms. The van der Waals surface area contributed by atoms with Crippen LogP contribution in [0.3, 0.4) is 0 Å². The Morgan fingerprint density at radius 3 is 1.52 bits per heavy atom. The number of aliphatic hydroxyl groups excluding tert-OH is 1. The van der Waals surface area contributed by atoms with Crippen molar-refractivity contribution in [3.05, 3.63) is 48.6 Å². The Morgan fingerprint density at radius 2 is 1.02 bits per heavy atom. The summed E-state index contributed by atoms with van der Waals surface area (Å²) in [7, 11) is 1.54. The molecule has 3 unspecified atom stereocenters. The quantitative estimate of drug-likeness (QED) is 0.0248. The number of carbonyl (C=O) groups is 1. The lowest BCUT2D eigenvalue weighted by atomic mass is 10.1. The zero-order valence-corrected chi connectivity index (χ0v) is 36.6. The van der Waals surface area contributed by atoms with Gasteiger partial charge in [-0.05, 0) is 70.6 Å². The van der Waals surface area contributed by atoms with E-state index < -0.39 is 20.0 Å². The number of nitrogens with one attached hydrogen (secondary N) is 1. The van der Waals surface area contributed by atoms with Gasteiger partial charge in [-0.3, -0.25) is 13.8 Å². The standard InChI is InChI=1S/C45H85N2O6P/c1-6-8-10-12-14-16-18-20-21-22-23-24-25-27-29-31-33-35-37-39-45(49)46-43(42-53-54(50,51)52-41-40-47(3,4)5)44(48)38-36-34-32-30-28-26-19-17-15-13-11-9-7-2/h15,17,22-23,28,30,36,38,43-44,48H,6-14,16,18-21,24-27,29,31-35,37,39-42H2,1-5H3,(H-,46,49,50,51)/p+1/b17-15+,23-22-,30-28+,38-36+. The van der Waals surface area contributed by atoms with Gasteiger partial charge in [0.15, 0.2) is 0 Å². The van der Waals surface area contributed by atoms with Crippen LogP contribution >= 0.6 is 7.82 Å². The first-order chi connectivity index (χ1) is 26.0. The second-order valence-electron chi connectivity index (χ2n) is 16.0. The number of allylic oxidation sites excluding steroid dienone is 7. The van der Waals surface area contributed by atoms with Crippen LogP contribution in [0.4, 0.5) is 0 Å². The molecule has 54 heavy (non-hydrogen) atoms. The Kier molecular flexibility index (Phi) is 36.0. The number of amides is 1. The summed E-state index contributed by atoms with van der Waals surface area (Å²) in [5.41, 5.74) is 0. The Labute approximate surface area is 333 Å². The van der Waals surface area contributed by atoms with Gasteiger partial charge in [0, 0.05) is 6.42 Å². The zero-order chi connectivity index (χ0) is 40.0. The number of rotatable bonds is 39. The first-order valence-corrected chi connectivity index (χ1v) is 23.5. The summed E-state index contributed by atoms with van der Waals surface area (Å²) < 4.78 is 23.5. The first-order valence-electron chi connectivity index (χ1n) is 22.0. The van der Waals surface area contributed by atoms with Gasteiger partial charge >= 0.3 is 7.82 Å². The number of likely N-dealkylation sites (N-methyl/N-ethyl adjacent to an activating group) is 1. The Bertz CT molecular complexity index is 1020. The van der Waals surface area contributed by atoms with Gasteiger partial charge in [0.1, 0.15) is 13.2 Å². The van der Waals surface area contributed by atoms with Crippen LogP contribution in [0.5, 0.6) is 0 Å². The van der Waals surface area contributed by atoms with Crippen molar-refractivity contribution in [1.82, 2.24) is 5.32 Å². The molecule has 0 rings (SSSR count). The number of phosphoric acid groups is 1. The van der Waals surface area contributed by atoms with Crippen molar-refractivity contribution >= 4 is 13.7 Å². The van der Waals surface area contributed by atoms with Crippen LogP contribution in [0.15, 0.2) is 48.6 Å². The molecule has 0 radical (unpaired) electrons. The zero-order valence-electron chi connectivity index (χ0n) is 35.7. The maximum Gasteiger partial charge on any atom is 0.472 e. The van der Waals surface area contributed by atoms with E-state index in [4.69, 9.17) is 9.05 Å². The van der Waals surface area contributed by atoms with E-state index in [1.54, 1.807) is 6.08 Å². The van der Waals surface area contributed by atoms with Crippen molar-refractivity contribution < 1.29 is 32.9 Å². The number of phosphoric ester groups is 1. The minimum Gasteiger partial charge on any atom is -0.387 e. The molecular formula is C45H86N2O6P+. The molecule has 0 saturated heterocycles. The Morgan fingerprint density at radius 1 is 0.611 bits per heavy atom. The minimum absolute atomic E-state index is 0.0516. The van der Waals surface area contributed by atoms with E-state index in [1.807, 2.05) is 27.2 Å².